The van der Waals surface area contributed by atoms with Crippen molar-refractivity contribution < 1.29 is 5.11 Å². The molecule has 2 aromatic rings. The third-order valence-electron chi connectivity index (χ3n) is 2.24. The molecule has 3 N–H and O–H groups in total. The molecule has 1 aromatic heterocycles. The average Bonchev–Trinajstić information content (AvgIpc) is 2.30. The highest BCUT2D eigenvalue weighted by atomic mass is 16.3. The van der Waals surface area contributed by atoms with Gasteiger partial charge in [0, 0.05) is 18.3 Å². The molecule has 0 saturated heterocycles. The predicted molar refractivity (Wildman–Crippen MR) is 59.2 cm³/mol. The second-order valence-corrected chi connectivity index (χ2v) is 3.27. The van der Waals surface area contributed by atoms with E-state index in [-0.39, 0.29) is 5.75 Å². The van der Waals surface area contributed by atoms with Crippen LogP contribution in [0.1, 0.15) is 5.56 Å². The Hall–Kier alpha value is -1.87. The van der Waals surface area contributed by atoms with E-state index in [0.717, 1.165) is 16.8 Å². The van der Waals surface area contributed by atoms with Crippen LogP contribution in [0.3, 0.4) is 0 Å². The molecule has 1 heterocycles. The Balaban J connectivity index is 2.42. The second kappa shape index (κ2) is 4.11. The fourth-order valence-corrected chi connectivity index (χ4v) is 1.39. The highest BCUT2D eigenvalue weighted by Gasteiger charge is 2.03. The molecule has 0 aliphatic heterocycles. The van der Waals surface area contributed by atoms with Crippen molar-refractivity contribution in [1.29, 1.82) is 0 Å². The summed E-state index contributed by atoms with van der Waals surface area (Å²) in [4.78, 5) is 4.24. The van der Waals surface area contributed by atoms with Gasteiger partial charge in [0.05, 0.1) is 5.69 Å². The molecule has 0 saturated carbocycles. The van der Waals surface area contributed by atoms with Crippen LogP contribution < -0.4 is 5.73 Å². The second-order valence-electron chi connectivity index (χ2n) is 3.27. The van der Waals surface area contributed by atoms with E-state index in [1.165, 1.54) is 0 Å². The Labute approximate surface area is 88.2 Å². The average molecular weight is 200 g/mol. The molecule has 76 valence electrons. The van der Waals surface area contributed by atoms with Gasteiger partial charge in [-0.2, -0.15) is 0 Å². The van der Waals surface area contributed by atoms with Gasteiger partial charge >= 0.3 is 0 Å². The van der Waals surface area contributed by atoms with E-state index < -0.39 is 0 Å². The van der Waals surface area contributed by atoms with E-state index in [1.54, 1.807) is 18.3 Å². The standard InChI is InChI=1S/C12H12N2O/c13-7-9-5-6-11(14-8-9)10-3-1-2-4-12(10)15/h1-6,8,15H,7,13H2. The maximum Gasteiger partial charge on any atom is 0.124 e. The van der Waals surface area contributed by atoms with E-state index >= 15 is 0 Å². The third kappa shape index (κ3) is 1.97. The van der Waals surface area contributed by atoms with Gasteiger partial charge in [0.15, 0.2) is 0 Å². The van der Waals surface area contributed by atoms with Crippen molar-refractivity contribution in [2.45, 2.75) is 6.54 Å². The van der Waals surface area contributed by atoms with Crippen LogP contribution in [0, 0.1) is 0 Å². The number of para-hydroxylation sites is 1. The summed E-state index contributed by atoms with van der Waals surface area (Å²) in [7, 11) is 0. The first-order chi connectivity index (χ1) is 7.31. The van der Waals surface area contributed by atoms with E-state index in [2.05, 4.69) is 4.98 Å². The smallest absolute Gasteiger partial charge is 0.124 e. The summed E-state index contributed by atoms with van der Waals surface area (Å²) in [5, 5.41) is 9.63. The van der Waals surface area contributed by atoms with Crippen LogP contribution in [-0.2, 0) is 6.54 Å². The number of nitrogens with two attached hydrogens (primary N) is 1. The number of pyridine rings is 1. The van der Waals surface area contributed by atoms with Gasteiger partial charge in [-0.1, -0.05) is 18.2 Å². The lowest BCUT2D eigenvalue weighted by Gasteiger charge is -2.03. The van der Waals surface area contributed by atoms with E-state index in [0.29, 0.717) is 6.54 Å². The lowest BCUT2D eigenvalue weighted by atomic mass is 10.1. The number of benzene rings is 1. The van der Waals surface area contributed by atoms with Crippen molar-refractivity contribution in [2.24, 2.45) is 5.73 Å². The molecule has 3 nitrogen and oxygen atoms in total. The molecule has 0 aliphatic rings. The van der Waals surface area contributed by atoms with E-state index in [4.69, 9.17) is 5.73 Å². The molecule has 0 radical (unpaired) electrons. The Kier molecular flexibility index (Phi) is 2.65. The quantitative estimate of drug-likeness (QED) is 0.778. The van der Waals surface area contributed by atoms with Crippen molar-refractivity contribution in [1.82, 2.24) is 4.98 Å². The number of phenols is 1. The van der Waals surface area contributed by atoms with Crippen LogP contribution >= 0.6 is 0 Å². The predicted octanol–water partition coefficient (Wildman–Crippen LogP) is 1.91. The fraction of sp³-hybridized carbons (Fsp3) is 0.0833. The first-order valence-corrected chi connectivity index (χ1v) is 4.74. The van der Waals surface area contributed by atoms with Crippen LogP contribution in [0.2, 0.25) is 0 Å². The van der Waals surface area contributed by atoms with Gasteiger partial charge < -0.3 is 10.8 Å². The summed E-state index contributed by atoms with van der Waals surface area (Å²) >= 11 is 0. The Morgan fingerprint density at radius 1 is 1.13 bits per heavy atom. The minimum atomic E-state index is 0.241. The molecule has 3 heteroatoms. The highest BCUT2D eigenvalue weighted by molar-refractivity contribution is 5.66. The Morgan fingerprint density at radius 2 is 1.93 bits per heavy atom. The zero-order chi connectivity index (χ0) is 10.7. The largest absolute Gasteiger partial charge is 0.507 e. The van der Waals surface area contributed by atoms with Crippen LogP contribution in [0.5, 0.6) is 5.75 Å². The summed E-state index contributed by atoms with van der Waals surface area (Å²) < 4.78 is 0. The van der Waals surface area contributed by atoms with Gasteiger partial charge in [0.1, 0.15) is 5.75 Å². The maximum absolute atomic E-state index is 9.63. The monoisotopic (exact) mass is 200 g/mol. The number of aromatic hydroxyl groups is 1. The van der Waals surface area contributed by atoms with Crippen LogP contribution in [0.15, 0.2) is 42.6 Å². The zero-order valence-corrected chi connectivity index (χ0v) is 8.22. The number of hydrogen-bond donors (Lipinski definition) is 2. The zero-order valence-electron chi connectivity index (χ0n) is 8.22. The molecular formula is C12H12N2O. The lowest BCUT2D eigenvalue weighted by Crippen LogP contribution is -1.96. The van der Waals surface area contributed by atoms with Crippen molar-refractivity contribution in [2.75, 3.05) is 0 Å². The van der Waals surface area contributed by atoms with Crippen molar-refractivity contribution in [3.8, 4) is 17.0 Å². The van der Waals surface area contributed by atoms with E-state index in [9.17, 15) is 5.11 Å². The summed E-state index contributed by atoms with van der Waals surface area (Å²) in [6.07, 6.45) is 1.72. The van der Waals surface area contributed by atoms with Gasteiger partial charge in [-0.05, 0) is 23.8 Å². The number of aromatic nitrogens is 1. The molecular weight excluding hydrogens is 188 g/mol. The molecule has 0 fully saturated rings. The lowest BCUT2D eigenvalue weighted by molar-refractivity contribution is 0.477. The topological polar surface area (TPSA) is 59.1 Å². The van der Waals surface area contributed by atoms with Gasteiger partial charge in [-0.3, -0.25) is 4.98 Å². The molecule has 0 atom stereocenters. The summed E-state index contributed by atoms with van der Waals surface area (Å²) in [5.74, 6) is 0.241. The fourth-order valence-electron chi connectivity index (χ4n) is 1.39. The number of hydrogen-bond acceptors (Lipinski definition) is 3. The molecule has 0 aliphatic carbocycles. The minimum Gasteiger partial charge on any atom is -0.507 e. The number of nitrogens with zero attached hydrogens (tertiary/aromatic N) is 1. The molecule has 15 heavy (non-hydrogen) atoms. The van der Waals surface area contributed by atoms with Gasteiger partial charge in [-0.25, -0.2) is 0 Å². The summed E-state index contributed by atoms with van der Waals surface area (Å²) in [6.45, 7) is 0.480. The van der Waals surface area contributed by atoms with Gasteiger partial charge in [0.25, 0.3) is 0 Å². The molecule has 1 aromatic carbocycles. The number of phenolic OH excluding ortho intramolecular Hbond substituents is 1. The van der Waals surface area contributed by atoms with Crippen molar-refractivity contribution in [3.05, 3.63) is 48.2 Å². The Bertz CT molecular complexity index is 451. The third-order valence-corrected chi connectivity index (χ3v) is 2.24. The molecule has 0 unspecified atom stereocenters. The van der Waals surface area contributed by atoms with E-state index in [1.807, 2.05) is 24.3 Å². The summed E-state index contributed by atoms with van der Waals surface area (Å²) in [6, 6.07) is 10.9. The SMILES string of the molecule is NCc1ccc(-c2ccccc2O)nc1. The Morgan fingerprint density at radius 3 is 2.53 bits per heavy atom. The normalized spacial score (nSPS) is 10.2. The number of rotatable bonds is 2. The van der Waals surface area contributed by atoms with Crippen molar-refractivity contribution >= 4 is 0 Å². The molecule has 0 spiro atoms. The highest BCUT2D eigenvalue weighted by Crippen LogP contribution is 2.26. The van der Waals surface area contributed by atoms with Crippen LogP contribution in [-0.4, -0.2) is 10.1 Å². The van der Waals surface area contributed by atoms with Gasteiger partial charge in [0.2, 0.25) is 0 Å². The maximum atomic E-state index is 9.63. The van der Waals surface area contributed by atoms with Crippen LogP contribution in [0.25, 0.3) is 11.3 Å². The molecule has 2 rings (SSSR count). The molecule has 0 amide bonds. The van der Waals surface area contributed by atoms with Gasteiger partial charge in [-0.15, -0.1) is 0 Å². The first kappa shape index (κ1) is 9.68. The summed E-state index contributed by atoms with van der Waals surface area (Å²) in [5.41, 5.74) is 7.95. The van der Waals surface area contributed by atoms with Crippen molar-refractivity contribution in [3.63, 3.8) is 0 Å². The first-order valence-electron chi connectivity index (χ1n) is 4.74. The molecule has 0 bridgehead atoms. The minimum absolute atomic E-state index is 0.241. The van der Waals surface area contributed by atoms with Crippen LogP contribution in [0.4, 0.5) is 0 Å².